The zero-order valence-electron chi connectivity index (χ0n) is 20.3. The maximum atomic E-state index is 12.4. The van der Waals surface area contributed by atoms with Crippen molar-refractivity contribution in [2.45, 2.75) is 11.3 Å². The summed E-state index contributed by atoms with van der Waals surface area (Å²) in [4.78, 5) is 41.8. The molecule has 1 saturated heterocycles. The molecule has 0 unspecified atom stereocenters. The number of nitrogens with one attached hydrogen (secondary N) is 1. The summed E-state index contributed by atoms with van der Waals surface area (Å²) in [5.41, 5.74) is 1.41. The van der Waals surface area contributed by atoms with Crippen LogP contribution in [0.4, 0.5) is 11.4 Å². The number of carbonyl (C=O) groups is 3. The third kappa shape index (κ3) is 8.11. The first-order chi connectivity index (χ1) is 16.9. The number of carbonyl (C=O) groups excluding carboxylic acids is 3. The van der Waals surface area contributed by atoms with Gasteiger partial charge in [-0.1, -0.05) is 46.5 Å². The maximum absolute atomic E-state index is 12.4. The van der Waals surface area contributed by atoms with Gasteiger partial charge in [0.05, 0.1) is 25.3 Å². The van der Waals surface area contributed by atoms with Crippen LogP contribution < -0.4 is 39.8 Å². The first-order valence-electron chi connectivity index (χ1n) is 10.5. The van der Waals surface area contributed by atoms with Crippen molar-refractivity contribution in [2.75, 3.05) is 41.0 Å². The van der Waals surface area contributed by atoms with E-state index in [9.17, 15) is 27.4 Å². The fourth-order valence-electron chi connectivity index (χ4n) is 3.42. The molecule has 0 aromatic heterocycles. The van der Waals surface area contributed by atoms with Gasteiger partial charge in [-0.05, 0) is 49.0 Å². The molecule has 1 aromatic carbocycles. The fourth-order valence-corrected chi connectivity index (χ4v) is 5.39. The number of fused-ring (bicyclic) bond motifs is 1. The molecule has 0 saturated carbocycles. The Morgan fingerprint density at radius 3 is 2.38 bits per heavy atom. The van der Waals surface area contributed by atoms with Crippen LogP contribution in [-0.4, -0.2) is 76.4 Å². The van der Waals surface area contributed by atoms with Crippen molar-refractivity contribution in [3.8, 4) is 0 Å². The van der Waals surface area contributed by atoms with E-state index >= 15 is 0 Å². The second-order valence-corrected chi connectivity index (χ2v) is 11.4. The fraction of sp³-hybridized carbons (Fsp3) is 0.273. The van der Waals surface area contributed by atoms with Crippen molar-refractivity contribution >= 4 is 90.9 Å². The summed E-state index contributed by atoms with van der Waals surface area (Å²) in [6.07, 6.45) is 6.52. The van der Waals surface area contributed by atoms with E-state index < -0.39 is 27.7 Å². The third-order valence-electron chi connectivity index (χ3n) is 5.17. The summed E-state index contributed by atoms with van der Waals surface area (Å²) in [6.45, 7) is 0.283. The minimum Gasteiger partial charge on any atom is -0.748 e. The summed E-state index contributed by atoms with van der Waals surface area (Å²) < 4.78 is 33.5. The number of thiocarbonyl (C=S) groups is 1. The number of halogens is 1. The number of alkyl halides is 1. The molecule has 2 aliphatic heterocycles. The van der Waals surface area contributed by atoms with Crippen LogP contribution in [0.5, 0.6) is 0 Å². The average Bonchev–Trinajstić information content (AvgIpc) is 3.16. The van der Waals surface area contributed by atoms with Crippen molar-refractivity contribution in [1.29, 1.82) is 0 Å². The Bertz CT molecular complexity index is 1290. The molecule has 0 radical (unpaired) electrons. The molecular formula is C22H22IN4NaO6S3. The normalized spacial score (nSPS) is 17.0. The van der Waals surface area contributed by atoms with Gasteiger partial charge in [0.25, 0.3) is 11.8 Å². The van der Waals surface area contributed by atoms with Crippen LogP contribution in [0.2, 0.25) is 0 Å². The molecule has 3 rings (SSSR count). The van der Waals surface area contributed by atoms with Crippen molar-refractivity contribution < 1.29 is 56.9 Å². The molecule has 37 heavy (non-hydrogen) atoms. The van der Waals surface area contributed by atoms with Gasteiger partial charge in [-0.25, -0.2) is 8.42 Å². The maximum Gasteiger partial charge on any atom is 1.00 e. The number of hydrogen-bond donors (Lipinski definition) is 1. The van der Waals surface area contributed by atoms with E-state index in [1.54, 1.807) is 24.3 Å². The number of nitrogens with zero attached hydrogens (tertiary/aromatic N) is 3. The quantitative estimate of drug-likeness (QED) is 0.0730. The molecular weight excluding hydrogens is 662 g/mol. The van der Waals surface area contributed by atoms with E-state index in [0.29, 0.717) is 10.1 Å². The Kier molecular flexibility index (Phi) is 11.8. The number of allylic oxidation sites excluding steroid dienone is 4. The predicted molar refractivity (Wildman–Crippen MR) is 150 cm³/mol. The first-order valence-corrected chi connectivity index (χ1v) is 14.8. The monoisotopic (exact) mass is 684 g/mol. The van der Waals surface area contributed by atoms with E-state index in [1.807, 2.05) is 39.6 Å². The zero-order chi connectivity index (χ0) is 26.6. The van der Waals surface area contributed by atoms with Gasteiger partial charge in [0.1, 0.15) is 5.57 Å². The van der Waals surface area contributed by atoms with Gasteiger partial charge < -0.3 is 14.8 Å². The van der Waals surface area contributed by atoms with Gasteiger partial charge in [0.15, 0.2) is 5.11 Å². The summed E-state index contributed by atoms with van der Waals surface area (Å²) in [5, 5.41) is 3.67. The van der Waals surface area contributed by atoms with Crippen LogP contribution in [0.25, 0.3) is 0 Å². The van der Waals surface area contributed by atoms with Gasteiger partial charge in [-0.2, -0.15) is 0 Å². The van der Waals surface area contributed by atoms with E-state index in [4.69, 9.17) is 12.2 Å². The van der Waals surface area contributed by atoms with E-state index in [-0.39, 0.29) is 59.1 Å². The SMILES string of the molecule is CN1C(=O)C(=C/C=C/C=C2\Sc3cc(NC(=O)CI)ccc3N2CCCS(=O)(=O)[O-])C(=O)N(C)C1=S.[Na+]. The van der Waals surface area contributed by atoms with Gasteiger partial charge in [0.2, 0.25) is 5.91 Å². The van der Waals surface area contributed by atoms with E-state index in [0.717, 1.165) is 15.6 Å². The molecule has 1 aromatic rings. The molecule has 1 N–H and O–H groups in total. The van der Waals surface area contributed by atoms with E-state index in [1.165, 1.54) is 41.7 Å². The van der Waals surface area contributed by atoms with Crippen molar-refractivity contribution in [2.24, 2.45) is 0 Å². The summed E-state index contributed by atoms with van der Waals surface area (Å²) in [7, 11) is -1.35. The van der Waals surface area contributed by atoms with Crippen LogP contribution in [0.3, 0.4) is 0 Å². The topological polar surface area (TPSA) is 130 Å². The third-order valence-corrected chi connectivity index (χ3v) is 8.31. The molecule has 2 aliphatic rings. The van der Waals surface area contributed by atoms with Crippen LogP contribution in [0, 0.1) is 0 Å². The molecule has 0 spiro atoms. The largest absolute Gasteiger partial charge is 1.00 e. The molecule has 1 fully saturated rings. The second kappa shape index (κ2) is 13.7. The summed E-state index contributed by atoms with van der Waals surface area (Å²) >= 11 is 8.45. The summed E-state index contributed by atoms with van der Waals surface area (Å²) in [5.74, 6) is -1.61. The Morgan fingerprint density at radius 1 is 1.16 bits per heavy atom. The van der Waals surface area contributed by atoms with Crippen LogP contribution in [0.15, 0.2) is 58.0 Å². The minimum atomic E-state index is -4.34. The van der Waals surface area contributed by atoms with Gasteiger partial charge in [-0.15, -0.1) is 0 Å². The van der Waals surface area contributed by atoms with Crippen LogP contribution in [-0.2, 0) is 24.5 Å². The van der Waals surface area contributed by atoms with Gasteiger partial charge in [-0.3, -0.25) is 24.2 Å². The molecule has 10 nitrogen and oxygen atoms in total. The molecule has 3 amide bonds. The first kappa shape index (κ1) is 31.9. The number of likely N-dealkylation sites (N-methyl/N-ethyl adjacent to an activating group) is 2. The Hall–Kier alpha value is -1.27. The van der Waals surface area contributed by atoms with Gasteiger partial charge >= 0.3 is 29.6 Å². The van der Waals surface area contributed by atoms with Crippen molar-refractivity contribution in [3.05, 3.63) is 53.1 Å². The number of thioether (sulfide) groups is 1. The van der Waals surface area contributed by atoms with Crippen LogP contribution in [0.1, 0.15) is 6.42 Å². The molecule has 0 aliphatic carbocycles. The molecule has 0 atom stereocenters. The number of benzene rings is 1. The Balaban J connectivity index is 0.00000481. The molecule has 0 bridgehead atoms. The Labute approximate surface area is 260 Å². The number of rotatable bonds is 8. The zero-order valence-corrected chi connectivity index (χ0v) is 26.9. The van der Waals surface area contributed by atoms with Crippen molar-refractivity contribution in [3.63, 3.8) is 0 Å². The molecule has 192 valence electrons. The standard InChI is InChI=1S/C22H23IN4O6S3.Na/c1-25-20(29)15(21(30)26(2)22(25)34)6-3-4-7-19-27(10-5-11-36(31,32)33)16-9-8-14(12-17(16)35-19)24-18(28)13-23;/h3-4,6-9,12H,5,10-11,13H2,1-2H3,(H,24,28)(H,31,32,33);/q;+1/p-1/b4-3+,19-7-;. The Morgan fingerprint density at radius 2 is 1.78 bits per heavy atom. The number of hydrogen-bond acceptors (Lipinski definition) is 9. The molecule has 2 heterocycles. The number of anilines is 2. The van der Waals surface area contributed by atoms with Crippen LogP contribution >= 0.6 is 46.6 Å². The molecule has 15 heteroatoms. The number of amides is 3. The average molecular weight is 685 g/mol. The smallest absolute Gasteiger partial charge is 0.748 e. The summed E-state index contributed by atoms with van der Waals surface area (Å²) in [6, 6.07) is 5.39. The van der Waals surface area contributed by atoms with E-state index in [2.05, 4.69) is 5.32 Å². The second-order valence-electron chi connectivity index (χ2n) is 7.71. The predicted octanol–water partition coefficient (Wildman–Crippen LogP) is -0.549. The minimum absolute atomic E-state index is 0. The van der Waals surface area contributed by atoms with Crippen molar-refractivity contribution in [1.82, 2.24) is 9.80 Å². The van der Waals surface area contributed by atoms with Gasteiger partial charge in [0, 0.05) is 37.0 Å².